The molecule has 0 radical (unpaired) electrons. The SMILES string of the molecule is CCCOc1ccc(OCCN2C(=O)NC3(CCCCCC3)C2=O)cc1. The zero-order valence-electron chi connectivity index (χ0n) is 15.5. The largest absolute Gasteiger partial charge is 0.494 e. The number of imide groups is 1. The Morgan fingerprint density at radius 2 is 1.54 bits per heavy atom. The third kappa shape index (κ3) is 4.11. The lowest BCUT2D eigenvalue weighted by Crippen LogP contribution is -2.46. The molecule has 0 unspecified atom stereocenters. The van der Waals surface area contributed by atoms with Crippen LogP contribution < -0.4 is 14.8 Å². The van der Waals surface area contributed by atoms with Gasteiger partial charge in [0.2, 0.25) is 0 Å². The molecule has 2 fully saturated rings. The smallest absolute Gasteiger partial charge is 0.325 e. The Morgan fingerprint density at radius 3 is 2.12 bits per heavy atom. The number of nitrogens with zero attached hydrogens (tertiary/aromatic N) is 1. The van der Waals surface area contributed by atoms with E-state index in [1.165, 1.54) is 4.90 Å². The molecule has 26 heavy (non-hydrogen) atoms. The number of carbonyl (C=O) groups excluding carboxylic acids is 2. The van der Waals surface area contributed by atoms with E-state index in [4.69, 9.17) is 9.47 Å². The van der Waals surface area contributed by atoms with Crippen LogP contribution >= 0.6 is 0 Å². The van der Waals surface area contributed by atoms with Crippen LogP contribution in [0.1, 0.15) is 51.9 Å². The second kappa shape index (κ2) is 8.43. The molecule has 1 saturated carbocycles. The summed E-state index contributed by atoms with van der Waals surface area (Å²) in [6.45, 7) is 3.30. The molecule has 1 saturated heterocycles. The topological polar surface area (TPSA) is 67.9 Å². The van der Waals surface area contributed by atoms with Crippen molar-refractivity contribution in [1.29, 1.82) is 0 Å². The summed E-state index contributed by atoms with van der Waals surface area (Å²) in [5, 5.41) is 2.95. The molecule has 0 aromatic heterocycles. The van der Waals surface area contributed by atoms with Gasteiger partial charge in [-0.3, -0.25) is 9.69 Å². The highest BCUT2D eigenvalue weighted by atomic mass is 16.5. The highest BCUT2D eigenvalue weighted by Gasteiger charge is 2.50. The van der Waals surface area contributed by atoms with E-state index in [2.05, 4.69) is 12.2 Å². The number of amides is 3. The van der Waals surface area contributed by atoms with Crippen molar-refractivity contribution in [1.82, 2.24) is 10.2 Å². The first-order chi connectivity index (χ1) is 12.6. The molecular formula is C20H28N2O4. The average molecular weight is 360 g/mol. The lowest BCUT2D eigenvalue weighted by atomic mass is 9.90. The first-order valence-corrected chi connectivity index (χ1v) is 9.64. The van der Waals surface area contributed by atoms with Gasteiger partial charge in [0.25, 0.3) is 5.91 Å². The van der Waals surface area contributed by atoms with Crippen LogP contribution in [0, 0.1) is 0 Å². The molecule has 1 heterocycles. The van der Waals surface area contributed by atoms with Crippen LogP contribution in [0.5, 0.6) is 11.5 Å². The molecule has 0 atom stereocenters. The van der Waals surface area contributed by atoms with Gasteiger partial charge in [-0.2, -0.15) is 0 Å². The van der Waals surface area contributed by atoms with E-state index < -0.39 is 5.54 Å². The van der Waals surface area contributed by atoms with Gasteiger partial charge in [0.05, 0.1) is 13.2 Å². The molecule has 1 aliphatic heterocycles. The van der Waals surface area contributed by atoms with E-state index in [1.807, 2.05) is 24.3 Å². The quantitative estimate of drug-likeness (QED) is 0.756. The maximum Gasteiger partial charge on any atom is 0.325 e. The summed E-state index contributed by atoms with van der Waals surface area (Å²) in [4.78, 5) is 26.4. The van der Waals surface area contributed by atoms with Crippen LogP contribution in [0.15, 0.2) is 24.3 Å². The van der Waals surface area contributed by atoms with Crippen molar-refractivity contribution < 1.29 is 19.1 Å². The molecule has 3 amide bonds. The number of hydrogen-bond acceptors (Lipinski definition) is 4. The van der Waals surface area contributed by atoms with E-state index in [1.54, 1.807) is 0 Å². The van der Waals surface area contributed by atoms with Crippen LogP contribution in [0.3, 0.4) is 0 Å². The summed E-state index contributed by atoms with van der Waals surface area (Å²) in [6.07, 6.45) is 6.69. The van der Waals surface area contributed by atoms with Crippen molar-refractivity contribution in [3.05, 3.63) is 24.3 Å². The first-order valence-electron chi connectivity index (χ1n) is 9.64. The number of nitrogens with one attached hydrogen (secondary N) is 1. The molecule has 1 aliphatic carbocycles. The van der Waals surface area contributed by atoms with Crippen molar-refractivity contribution >= 4 is 11.9 Å². The predicted octanol–water partition coefficient (Wildman–Crippen LogP) is 3.50. The Morgan fingerprint density at radius 1 is 0.962 bits per heavy atom. The summed E-state index contributed by atoms with van der Waals surface area (Å²) in [5.74, 6) is 1.42. The van der Waals surface area contributed by atoms with Crippen molar-refractivity contribution in [2.75, 3.05) is 19.8 Å². The zero-order valence-corrected chi connectivity index (χ0v) is 15.5. The Kier molecular flexibility index (Phi) is 6.01. The lowest BCUT2D eigenvalue weighted by Gasteiger charge is -2.24. The molecule has 1 spiro atoms. The highest BCUT2D eigenvalue weighted by molar-refractivity contribution is 6.07. The van der Waals surface area contributed by atoms with Gasteiger partial charge in [0.15, 0.2) is 0 Å². The number of ether oxygens (including phenoxy) is 2. The van der Waals surface area contributed by atoms with Crippen molar-refractivity contribution in [2.24, 2.45) is 0 Å². The summed E-state index contributed by atoms with van der Waals surface area (Å²) in [5.41, 5.74) is -0.675. The molecule has 2 aliphatic rings. The Hall–Kier alpha value is -2.24. The summed E-state index contributed by atoms with van der Waals surface area (Å²) in [6, 6.07) is 7.11. The van der Waals surface area contributed by atoms with E-state index in [-0.39, 0.29) is 25.1 Å². The third-order valence-electron chi connectivity index (χ3n) is 5.08. The minimum Gasteiger partial charge on any atom is -0.494 e. The minimum atomic E-state index is -0.675. The fourth-order valence-corrected chi connectivity index (χ4v) is 3.66. The number of hydrogen-bond donors (Lipinski definition) is 1. The number of rotatable bonds is 7. The van der Waals surface area contributed by atoms with Crippen LogP contribution in [0.4, 0.5) is 4.79 Å². The minimum absolute atomic E-state index is 0.0867. The number of carbonyl (C=O) groups is 2. The second-order valence-electron chi connectivity index (χ2n) is 7.05. The van der Waals surface area contributed by atoms with E-state index >= 15 is 0 Å². The Balaban J connectivity index is 1.51. The maximum absolute atomic E-state index is 12.8. The number of urea groups is 1. The molecule has 6 heteroatoms. The molecule has 1 aromatic rings. The van der Waals surface area contributed by atoms with Crippen molar-refractivity contribution in [3.8, 4) is 11.5 Å². The lowest BCUT2D eigenvalue weighted by molar-refractivity contribution is -0.132. The maximum atomic E-state index is 12.8. The molecule has 1 aromatic carbocycles. The Labute approximate surface area is 154 Å². The predicted molar refractivity (Wildman–Crippen MR) is 98.4 cm³/mol. The van der Waals surface area contributed by atoms with Gasteiger partial charge < -0.3 is 14.8 Å². The monoisotopic (exact) mass is 360 g/mol. The standard InChI is InChI=1S/C20H28N2O4/c1-2-14-25-16-7-9-17(10-8-16)26-15-13-22-18(23)20(21-19(22)24)11-5-3-4-6-12-20/h7-10H,2-6,11-15H2,1H3,(H,21,24). The fraction of sp³-hybridized carbons (Fsp3) is 0.600. The third-order valence-corrected chi connectivity index (χ3v) is 5.08. The second-order valence-corrected chi connectivity index (χ2v) is 7.05. The van der Waals surface area contributed by atoms with Crippen molar-refractivity contribution in [3.63, 3.8) is 0 Å². The van der Waals surface area contributed by atoms with Crippen LogP contribution in [0.2, 0.25) is 0 Å². The highest BCUT2D eigenvalue weighted by Crippen LogP contribution is 2.32. The molecule has 1 N–H and O–H groups in total. The van der Waals surface area contributed by atoms with Gasteiger partial charge in [-0.15, -0.1) is 0 Å². The molecule has 0 bridgehead atoms. The number of benzene rings is 1. The van der Waals surface area contributed by atoms with Crippen LogP contribution in [-0.2, 0) is 4.79 Å². The van der Waals surface area contributed by atoms with Crippen LogP contribution in [0.25, 0.3) is 0 Å². The van der Waals surface area contributed by atoms with E-state index in [0.29, 0.717) is 12.4 Å². The first kappa shape index (κ1) is 18.5. The zero-order chi connectivity index (χ0) is 18.4. The normalized spacial score (nSPS) is 19.3. The van der Waals surface area contributed by atoms with Gasteiger partial charge in [-0.25, -0.2) is 4.79 Å². The van der Waals surface area contributed by atoms with Crippen molar-refractivity contribution in [2.45, 2.75) is 57.4 Å². The van der Waals surface area contributed by atoms with Gasteiger partial charge in [0, 0.05) is 0 Å². The van der Waals surface area contributed by atoms with Crippen LogP contribution in [-0.4, -0.2) is 42.1 Å². The van der Waals surface area contributed by atoms with Gasteiger partial charge in [-0.1, -0.05) is 32.6 Å². The fourth-order valence-electron chi connectivity index (χ4n) is 3.66. The molecule has 3 rings (SSSR count). The van der Waals surface area contributed by atoms with Gasteiger partial charge in [-0.05, 0) is 43.5 Å². The van der Waals surface area contributed by atoms with E-state index in [0.717, 1.165) is 50.7 Å². The van der Waals surface area contributed by atoms with E-state index in [9.17, 15) is 9.59 Å². The molecule has 6 nitrogen and oxygen atoms in total. The average Bonchev–Trinajstić information content (AvgIpc) is 2.82. The summed E-state index contributed by atoms with van der Waals surface area (Å²) in [7, 11) is 0. The summed E-state index contributed by atoms with van der Waals surface area (Å²) < 4.78 is 11.2. The summed E-state index contributed by atoms with van der Waals surface area (Å²) >= 11 is 0. The molecular weight excluding hydrogens is 332 g/mol. The van der Waals surface area contributed by atoms with Gasteiger partial charge >= 0.3 is 6.03 Å². The van der Waals surface area contributed by atoms with Gasteiger partial charge in [0.1, 0.15) is 23.6 Å². The molecule has 142 valence electrons. The Bertz CT molecular complexity index is 621.